The normalized spacial score (nSPS) is 12.6. The van der Waals surface area contributed by atoms with E-state index in [1.807, 2.05) is 19.2 Å². The SMILES string of the molecule is COCC(C)OCCNCc1cccnc1. The van der Waals surface area contributed by atoms with Gasteiger partial charge in [0.15, 0.2) is 0 Å². The minimum atomic E-state index is 0.158. The van der Waals surface area contributed by atoms with Crippen molar-refractivity contribution in [1.29, 1.82) is 0 Å². The van der Waals surface area contributed by atoms with Crippen molar-refractivity contribution in [2.24, 2.45) is 0 Å². The van der Waals surface area contributed by atoms with E-state index >= 15 is 0 Å². The van der Waals surface area contributed by atoms with Gasteiger partial charge in [0.05, 0.1) is 19.3 Å². The highest BCUT2D eigenvalue weighted by molar-refractivity contribution is 5.07. The molecule has 1 aromatic heterocycles. The van der Waals surface area contributed by atoms with Crippen LogP contribution >= 0.6 is 0 Å². The fraction of sp³-hybridized carbons (Fsp3) is 0.583. The molecule has 1 heterocycles. The second-order valence-electron chi connectivity index (χ2n) is 3.67. The highest BCUT2D eigenvalue weighted by Crippen LogP contribution is 1.94. The maximum atomic E-state index is 5.52. The summed E-state index contributed by atoms with van der Waals surface area (Å²) in [5.74, 6) is 0. The second-order valence-corrected chi connectivity index (χ2v) is 3.67. The fourth-order valence-electron chi connectivity index (χ4n) is 1.35. The molecule has 90 valence electrons. The first-order chi connectivity index (χ1) is 7.83. The van der Waals surface area contributed by atoms with Crippen LogP contribution in [0.5, 0.6) is 0 Å². The summed E-state index contributed by atoms with van der Waals surface area (Å²) in [7, 11) is 1.68. The average Bonchev–Trinajstić information content (AvgIpc) is 2.30. The molecule has 4 nitrogen and oxygen atoms in total. The maximum absolute atomic E-state index is 5.52. The van der Waals surface area contributed by atoms with E-state index in [2.05, 4.69) is 16.4 Å². The highest BCUT2D eigenvalue weighted by atomic mass is 16.5. The Hall–Kier alpha value is -0.970. The lowest BCUT2D eigenvalue weighted by Crippen LogP contribution is -2.23. The van der Waals surface area contributed by atoms with Gasteiger partial charge in [0, 0.05) is 32.6 Å². The Morgan fingerprint density at radius 2 is 2.38 bits per heavy atom. The summed E-state index contributed by atoms with van der Waals surface area (Å²) in [4.78, 5) is 4.05. The number of pyridine rings is 1. The zero-order valence-electron chi connectivity index (χ0n) is 9.98. The summed E-state index contributed by atoms with van der Waals surface area (Å²) in [6.07, 6.45) is 3.80. The van der Waals surface area contributed by atoms with Gasteiger partial charge in [-0.3, -0.25) is 4.98 Å². The van der Waals surface area contributed by atoms with E-state index in [4.69, 9.17) is 9.47 Å². The molecular formula is C12H20N2O2. The molecule has 0 spiro atoms. The smallest absolute Gasteiger partial charge is 0.0780 e. The molecule has 1 N–H and O–H groups in total. The standard InChI is InChI=1S/C12H20N2O2/c1-11(10-15-2)16-7-6-14-9-12-4-3-5-13-8-12/h3-5,8,11,14H,6-7,9-10H2,1-2H3. The van der Waals surface area contributed by atoms with Crippen molar-refractivity contribution in [2.75, 3.05) is 26.9 Å². The van der Waals surface area contributed by atoms with Gasteiger partial charge in [0.1, 0.15) is 0 Å². The molecule has 16 heavy (non-hydrogen) atoms. The summed E-state index contributed by atoms with van der Waals surface area (Å²) >= 11 is 0. The molecule has 1 unspecified atom stereocenters. The van der Waals surface area contributed by atoms with Gasteiger partial charge in [-0.1, -0.05) is 6.07 Å². The van der Waals surface area contributed by atoms with Crippen LogP contribution in [0.4, 0.5) is 0 Å². The summed E-state index contributed by atoms with van der Waals surface area (Å²) in [5, 5.41) is 3.29. The number of hydrogen-bond donors (Lipinski definition) is 1. The zero-order chi connectivity index (χ0) is 11.6. The lowest BCUT2D eigenvalue weighted by Gasteiger charge is -2.12. The van der Waals surface area contributed by atoms with Crippen LogP contribution in [0.1, 0.15) is 12.5 Å². The molecular weight excluding hydrogens is 204 g/mol. The van der Waals surface area contributed by atoms with Crippen LogP contribution in [0.2, 0.25) is 0 Å². The summed E-state index contributed by atoms with van der Waals surface area (Å²) < 4.78 is 10.5. The van der Waals surface area contributed by atoms with Crippen molar-refractivity contribution in [3.63, 3.8) is 0 Å². The number of methoxy groups -OCH3 is 1. The third kappa shape index (κ3) is 5.80. The first kappa shape index (κ1) is 13.1. The van der Waals surface area contributed by atoms with Crippen molar-refractivity contribution in [2.45, 2.75) is 19.6 Å². The predicted molar refractivity (Wildman–Crippen MR) is 63.2 cm³/mol. The third-order valence-corrected chi connectivity index (χ3v) is 2.13. The molecule has 4 heteroatoms. The van der Waals surface area contributed by atoms with Gasteiger partial charge in [-0.2, -0.15) is 0 Å². The largest absolute Gasteiger partial charge is 0.382 e. The summed E-state index contributed by atoms with van der Waals surface area (Å²) in [5.41, 5.74) is 1.19. The van der Waals surface area contributed by atoms with Crippen molar-refractivity contribution >= 4 is 0 Å². The van der Waals surface area contributed by atoms with E-state index in [-0.39, 0.29) is 6.10 Å². The summed E-state index contributed by atoms with van der Waals surface area (Å²) in [6.45, 7) is 5.01. The molecule has 0 aliphatic carbocycles. The Labute approximate surface area is 97.0 Å². The molecule has 1 atom stereocenters. The Bertz CT molecular complexity index is 267. The van der Waals surface area contributed by atoms with Gasteiger partial charge < -0.3 is 14.8 Å². The van der Waals surface area contributed by atoms with Crippen molar-refractivity contribution in [3.8, 4) is 0 Å². The Morgan fingerprint density at radius 1 is 1.50 bits per heavy atom. The average molecular weight is 224 g/mol. The van der Waals surface area contributed by atoms with E-state index in [0.717, 1.165) is 13.1 Å². The molecule has 0 bridgehead atoms. The van der Waals surface area contributed by atoms with Crippen molar-refractivity contribution < 1.29 is 9.47 Å². The third-order valence-electron chi connectivity index (χ3n) is 2.13. The molecule has 0 saturated heterocycles. The van der Waals surface area contributed by atoms with Gasteiger partial charge >= 0.3 is 0 Å². The lowest BCUT2D eigenvalue weighted by atomic mass is 10.3. The minimum Gasteiger partial charge on any atom is -0.382 e. The summed E-state index contributed by atoms with van der Waals surface area (Å²) in [6, 6.07) is 3.99. The van der Waals surface area contributed by atoms with Crippen LogP contribution in [0.3, 0.4) is 0 Å². The molecule has 0 amide bonds. The quantitative estimate of drug-likeness (QED) is 0.674. The van der Waals surface area contributed by atoms with Crippen LogP contribution in [-0.4, -0.2) is 38.0 Å². The molecule has 1 aromatic rings. The molecule has 0 aliphatic rings. The van der Waals surface area contributed by atoms with Crippen LogP contribution in [-0.2, 0) is 16.0 Å². The highest BCUT2D eigenvalue weighted by Gasteiger charge is 1.99. The van der Waals surface area contributed by atoms with E-state index in [0.29, 0.717) is 13.2 Å². The number of ether oxygens (including phenoxy) is 2. The van der Waals surface area contributed by atoms with Crippen molar-refractivity contribution in [1.82, 2.24) is 10.3 Å². The van der Waals surface area contributed by atoms with E-state index in [1.54, 1.807) is 13.3 Å². The second kappa shape index (κ2) is 8.21. The monoisotopic (exact) mass is 224 g/mol. The van der Waals surface area contributed by atoms with Crippen LogP contribution in [0.25, 0.3) is 0 Å². The van der Waals surface area contributed by atoms with Gasteiger partial charge in [0.2, 0.25) is 0 Å². The van der Waals surface area contributed by atoms with Crippen molar-refractivity contribution in [3.05, 3.63) is 30.1 Å². The van der Waals surface area contributed by atoms with Gasteiger partial charge in [-0.05, 0) is 18.6 Å². The first-order valence-corrected chi connectivity index (χ1v) is 5.53. The Kier molecular flexibility index (Phi) is 6.72. The van der Waals surface area contributed by atoms with E-state index in [9.17, 15) is 0 Å². The minimum absolute atomic E-state index is 0.158. The van der Waals surface area contributed by atoms with Gasteiger partial charge in [-0.15, -0.1) is 0 Å². The first-order valence-electron chi connectivity index (χ1n) is 5.53. The lowest BCUT2D eigenvalue weighted by molar-refractivity contribution is 0.0107. The molecule has 0 aliphatic heterocycles. The Morgan fingerprint density at radius 3 is 3.06 bits per heavy atom. The number of rotatable bonds is 8. The molecule has 0 saturated carbocycles. The molecule has 0 radical (unpaired) electrons. The topological polar surface area (TPSA) is 43.4 Å². The number of nitrogens with one attached hydrogen (secondary N) is 1. The van der Waals surface area contributed by atoms with Crippen LogP contribution < -0.4 is 5.32 Å². The van der Waals surface area contributed by atoms with Gasteiger partial charge in [-0.25, -0.2) is 0 Å². The molecule has 1 rings (SSSR count). The number of hydrogen-bond acceptors (Lipinski definition) is 4. The van der Waals surface area contributed by atoms with Crippen LogP contribution in [0, 0.1) is 0 Å². The fourth-order valence-corrected chi connectivity index (χ4v) is 1.35. The number of nitrogens with zero attached hydrogens (tertiary/aromatic N) is 1. The van der Waals surface area contributed by atoms with E-state index < -0.39 is 0 Å². The molecule has 0 fully saturated rings. The van der Waals surface area contributed by atoms with E-state index in [1.165, 1.54) is 5.56 Å². The number of aromatic nitrogens is 1. The Balaban J connectivity index is 2.00. The predicted octanol–water partition coefficient (Wildman–Crippen LogP) is 1.22. The molecule has 0 aromatic carbocycles. The zero-order valence-corrected chi connectivity index (χ0v) is 9.98. The van der Waals surface area contributed by atoms with Crippen LogP contribution in [0.15, 0.2) is 24.5 Å². The maximum Gasteiger partial charge on any atom is 0.0780 e. The van der Waals surface area contributed by atoms with Gasteiger partial charge in [0.25, 0.3) is 0 Å².